The molecule has 0 radical (unpaired) electrons. The van der Waals surface area contributed by atoms with Gasteiger partial charge in [0.05, 0.1) is 10.2 Å². The molecule has 0 bridgehead atoms. The van der Waals surface area contributed by atoms with Crippen molar-refractivity contribution in [2.45, 2.75) is 31.9 Å². The van der Waals surface area contributed by atoms with Crippen LogP contribution in [0.5, 0.6) is 0 Å². The van der Waals surface area contributed by atoms with E-state index < -0.39 is 11.9 Å². The molecule has 0 aliphatic heterocycles. The van der Waals surface area contributed by atoms with Crippen molar-refractivity contribution >= 4 is 39.2 Å². The van der Waals surface area contributed by atoms with Gasteiger partial charge in [-0.3, -0.25) is 4.79 Å². The number of halogens is 3. The quantitative estimate of drug-likeness (QED) is 0.770. The van der Waals surface area contributed by atoms with Gasteiger partial charge in [-0.25, -0.2) is 4.98 Å². The molecule has 128 valence electrons. The summed E-state index contributed by atoms with van der Waals surface area (Å²) in [6.07, 6.45) is -0.297. The van der Waals surface area contributed by atoms with E-state index in [2.05, 4.69) is 10.3 Å². The third-order valence-electron chi connectivity index (χ3n) is 3.95. The Bertz CT molecular complexity index is 792. The van der Waals surface area contributed by atoms with Crippen molar-refractivity contribution in [3.05, 3.63) is 29.0 Å². The molecule has 1 aromatic heterocycles. The smallest absolute Gasteiger partial charge is 0.448 e. The van der Waals surface area contributed by atoms with Crippen LogP contribution in [0.3, 0.4) is 0 Å². The first-order chi connectivity index (χ1) is 11.3. The number of hydrogen-bond donors (Lipinski definition) is 2. The van der Waals surface area contributed by atoms with Crippen molar-refractivity contribution in [3.63, 3.8) is 0 Å². The van der Waals surface area contributed by atoms with Crippen LogP contribution >= 0.6 is 11.3 Å². The highest BCUT2D eigenvalue weighted by Gasteiger charge is 2.34. The van der Waals surface area contributed by atoms with Crippen molar-refractivity contribution in [1.29, 1.82) is 0 Å². The minimum Gasteiger partial charge on any atom is -0.504 e. The Kier molecular flexibility index (Phi) is 4.49. The topological polar surface area (TPSA) is 62.2 Å². The summed E-state index contributed by atoms with van der Waals surface area (Å²) < 4.78 is 37.7. The maximum absolute atomic E-state index is 12.4. The van der Waals surface area contributed by atoms with Crippen molar-refractivity contribution in [2.24, 2.45) is 5.92 Å². The fourth-order valence-electron chi connectivity index (χ4n) is 2.71. The number of thiazole rings is 1. The molecule has 1 aliphatic carbocycles. The summed E-state index contributed by atoms with van der Waals surface area (Å²) >= 11 is 1.02. The SMILES string of the molecule is O=C(Nc1ccc2nc(/C=C(\O)C(F)(F)F)sc2c1)C1CCCC1. The highest BCUT2D eigenvalue weighted by molar-refractivity contribution is 7.19. The molecule has 4 nitrogen and oxygen atoms in total. The first-order valence-electron chi connectivity index (χ1n) is 7.52. The first-order valence-corrected chi connectivity index (χ1v) is 8.34. The molecule has 1 amide bonds. The summed E-state index contributed by atoms with van der Waals surface area (Å²) in [5.41, 5.74) is 1.11. The van der Waals surface area contributed by atoms with Crippen molar-refractivity contribution in [3.8, 4) is 0 Å². The van der Waals surface area contributed by atoms with Crippen LogP contribution in [0.1, 0.15) is 30.7 Å². The molecule has 0 atom stereocenters. The Morgan fingerprint density at radius 3 is 2.71 bits per heavy atom. The van der Waals surface area contributed by atoms with E-state index in [1.807, 2.05) is 0 Å². The fraction of sp³-hybridized carbons (Fsp3) is 0.375. The summed E-state index contributed by atoms with van der Waals surface area (Å²) in [6.45, 7) is 0. The second-order valence-corrected chi connectivity index (χ2v) is 6.79. The van der Waals surface area contributed by atoms with Crippen LogP contribution < -0.4 is 5.32 Å². The predicted octanol–water partition coefficient (Wildman–Crippen LogP) is 4.89. The Morgan fingerprint density at radius 1 is 1.33 bits per heavy atom. The highest BCUT2D eigenvalue weighted by Crippen LogP contribution is 2.31. The molecule has 3 rings (SSSR count). The van der Waals surface area contributed by atoms with Gasteiger partial charge < -0.3 is 10.4 Å². The van der Waals surface area contributed by atoms with Gasteiger partial charge in [-0.1, -0.05) is 12.8 Å². The van der Waals surface area contributed by atoms with Crippen LogP contribution in [0, 0.1) is 5.92 Å². The maximum atomic E-state index is 12.4. The third-order valence-corrected chi connectivity index (χ3v) is 4.91. The summed E-state index contributed by atoms with van der Waals surface area (Å²) in [6, 6.07) is 4.99. The van der Waals surface area contributed by atoms with Gasteiger partial charge in [0.1, 0.15) is 5.01 Å². The second-order valence-electron chi connectivity index (χ2n) is 5.73. The Morgan fingerprint density at radius 2 is 2.04 bits per heavy atom. The minimum absolute atomic E-state index is 0.0220. The lowest BCUT2D eigenvalue weighted by Gasteiger charge is -2.10. The Balaban J connectivity index is 1.80. The molecule has 1 saturated carbocycles. The van der Waals surface area contributed by atoms with E-state index in [-0.39, 0.29) is 16.8 Å². The minimum atomic E-state index is -4.79. The van der Waals surface area contributed by atoms with Gasteiger partial charge >= 0.3 is 6.18 Å². The number of hydrogen-bond acceptors (Lipinski definition) is 4. The maximum Gasteiger partial charge on any atom is 0.448 e. The molecule has 0 spiro atoms. The number of amides is 1. The van der Waals surface area contributed by atoms with E-state index in [1.54, 1.807) is 18.2 Å². The number of aliphatic hydroxyl groups is 1. The number of alkyl halides is 3. The van der Waals surface area contributed by atoms with E-state index in [0.717, 1.165) is 37.0 Å². The monoisotopic (exact) mass is 356 g/mol. The van der Waals surface area contributed by atoms with Crippen LogP contribution in [0.15, 0.2) is 24.0 Å². The van der Waals surface area contributed by atoms with Gasteiger partial charge in [-0.15, -0.1) is 11.3 Å². The van der Waals surface area contributed by atoms with Crippen LogP contribution in [-0.2, 0) is 4.79 Å². The highest BCUT2D eigenvalue weighted by atomic mass is 32.1. The van der Waals surface area contributed by atoms with E-state index in [0.29, 0.717) is 22.0 Å². The number of nitrogens with zero attached hydrogens (tertiary/aromatic N) is 1. The lowest BCUT2D eigenvalue weighted by Crippen LogP contribution is -2.20. The Labute approximate surface area is 140 Å². The molecule has 1 heterocycles. The van der Waals surface area contributed by atoms with E-state index >= 15 is 0 Å². The standard InChI is InChI=1S/C16H15F3N2O2S/c17-16(18,19)13(22)8-14-21-11-6-5-10(7-12(11)24-14)20-15(23)9-3-1-2-4-9/h5-9,22H,1-4H2,(H,20,23)/b13-8-. The van der Waals surface area contributed by atoms with Gasteiger partial charge in [-0.2, -0.15) is 13.2 Å². The molecule has 1 fully saturated rings. The summed E-state index contributed by atoms with van der Waals surface area (Å²) in [7, 11) is 0. The Hall–Kier alpha value is -2.09. The molecule has 1 aliphatic rings. The number of anilines is 1. The number of carbonyl (C=O) groups is 1. The van der Waals surface area contributed by atoms with Crippen LogP contribution in [0.4, 0.5) is 18.9 Å². The zero-order valence-corrected chi connectivity index (χ0v) is 13.4. The fourth-order valence-corrected chi connectivity index (χ4v) is 3.66. The van der Waals surface area contributed by atoms with Crippen molar-refractivity contribution in [2.75, 3.05) is 5.32 Å². The molecular weight excluding hydrogens is 341 g/mol. The van der Waals surface area contributed by atoms with Gasteiger partial charge in [0.15, 0.2) is 0 Å². The molecule has 2 N–H and O–H groups in total. The number of aromatic nitrogens is 1. The number of rotatable bonds is 3. The lowest BCUT2D eigenvalue weighted by molar-refractivity contribution is -0.120. The molecule has 0 unspecified atom stereocenters. The summed E-state index contributed by atoms with van der Waals surface area (Å²) in [5.74, 6) is -1.67. The van der Waals surface area contributed by atoms with E-state index in [1.165, 1.54) is 0 Å². The second kappa shape index (κ2) is 6.43. The predicted molar refractivity (Wildman–Crippen MR) is 86.9 cm³/mol. The average molecular weight is 356 g/mol. The number of allylic oxidation sites excluding steroid dienone is 1. The molecule has 0 saturated heterocycles. The summed E-state index contributed by atoms with van der Waals surface area (Å²) in [5, 5.41) is 11.9. The largest absolute Gasteiger partial charge is 0.504 e. The molecule has 2 aromatic rings. The lowest BCUT2D eigenvalue weighted by atomic mass is 10.1. The average Bonchev–Trinajstić information content (AvgIpc) is 3.14. The molecule has 24 heavy (non-hydrogen) atoms. The van der Waals surface area contributed by atoms with Crippen molar-refractivity contribution < 1.29 is 23.1 Å². The number of fused-ring (bicyclic) bond motifs is 1. The number of nitrogens with one attached hydrogen (secondary N) is 1. The third kappa shape index (κ3) is 3.69. The van der Waals surface area contributed by atoms with E-state index in [9.17, 15) is 18.0 Å². The zero-order valence-electron chi connectivity index (χ0n) is 12.6. The normalized spacial score (nSPS) is 16.7. The number of aliphatic hydroxyl groups excluding tert-OH is 1. The zero-order chi connectivity index (χ0) is 17.3. The van der Waals surface area contributed by atoms with Gasteiger partial charge in [0.25, 0.3) is 0 Å². The molecule has 8 heteroatoms. The van der Waals surface area contributed by atoms with Crippen molar-refractivity contribution in [1.82, 2.24) is 4.98 Å². The summed E-state index contributed by atoms with van der Waals surface area (Å²) in [4.78, 5) is 16.2. The van der Waals surface area contributed by atoms with Gasteiger partial charge in [-0.05, 0) is 31.0 Å². The molecule has 1 aromatic carbocycles. The van der Waals surface area contributed by atoms with Crippen LogP contribution in [0.25, 0.3) is 16.3 Å². The first kappa shape index (κ1) is 16.8. The number of benzene rings is 1. The number of carbonyl (C=O) groups excluding carboxylic acids is 1. The molecular formula is C16H15F3N2O2S. The van der Waals surface area contributed by atoms with Crippen LogP contribution in [0.2, 0.25) is 0 Å². The van der Waals surface area contributed by atoms with E-state index in [4.69, 9.17) is 5.11 Å². The van der Waals surface area contributed by atoms with Gasteiger partial charge in [0.2, 0.25) is 11.7 Å². The van der Waals surface area contributed by atoms with Gasteiger partial charge in [0, 0.05) is 17.7 Å². The van der Waals surface area contributed by atoms with Crippen LogP contribution in [-0.4, -0.2) is 22.2 Å².